The van der Waals surface area contributed by atoms with Gasteiger partial charge in [-0.3, -0.25) is 4.79 Å². The van der Waals surface area contributed by atoms with Gasteiger partial charge in [0.1, 0.15) is 5.76 Å². The summed E-state index contributed by atoms with van der Waals surface area (Å²) < 4.78 is 5.04. The van der Waals surface area contributed by atoms with Gasteiger partial charge in [-0.1, -0.05) is 6.92 Å². The van der Waals surface area contributed by atoms with Crippen LogP contribution in [0.4, 0.5) is 0 Å². The van der Waals surface area contributed by atoms with E-state index in [2.05, 4.69) is 5.32 Å². The van der Waals surface area contributed by atoms with E-state index in [1.807, 2.05) is 13.8 Å². The Bertz CT molecular complexity index is 291. The Morgan fingerprint density at radius 3 is 2.85 bits per heavy atom. The highest BCUT2D eigenvalue weighted by molar-refractivity contribution is 5.95. The van der Waals surface area contributed by atoms with Crippen LogP contribution in [-0.2, 0) is 0 Å². The lowest BCUT2D eigenvalue weighted by Gasteiger charge is -2.10. The molecule has 0 saturated heterocycles. The number of rotatable bonds is 3. The smallest absolute Gasteiger partial charge is 0.255 e. The number of nitrogens with one attached hydrogen (secondary N) is 1. The topological polar surface area (TPSA) is 42.2 Å². The number of furan rings is 1. The van der Waals surface area contributed by atoms with E-state index in [0.717, 1.165) is 6.42 Å². The predicted molar refractivity (Wildman–Crippen MR) is 50.7 cm³/mol. The van der Waals surface area contributed by atoms with Crippen LogP contribution in [0.5, 0.6) is 0 Å². The van der Waals surface area contributed by atoms with Crippen molar-refractivity contribution >= 4 is 5.91 Å². The van der Waals surface area contributed by atoms with E-state index in [9.17, 15) is 4.79 Å². The summed E-state index contributed by atoms with van der Waals surface area (Å²) in [5.74, 6) is 0.612. The monoisotopic (exact) mass is 181 g/mol. The zero-order valence-corrected chi connectivity index (χ0v) is 8.26. The molecule has 1 unspecified atom stereocenters. The van der Waals surface area contributed by atoms with Gasteiger partial charge in [0.25, 0.3) is 5.91 Å². The van der Waals surface area contributed by atoms with Gasteiger partial charge in [-0.05, 0) is 26.3 Å². The lowest BCUT2D eigenvalue weighted by Crippen LogP contribution is -2.31. The molecule has 1 aromatic rings. The van der Waals surface area contributed by atoms with Crippen LogP contribution in [0.2, 0.25) is 0 Å². The highest BCUT2D eigenvalue weighted by atomic mass is 16.3. The van der Waals surface area contributed by atoms with Crippen LogP contribution in [0.1, 0.15) is 36.4 Å². The zero-order chi connectivity index (χ0) is 9.84. The third-order valence-electron chi connectivity index (χ3n) is 2.09. The van der Waals surface area contributed by atoms with Crippen LogP contribution in [0, 0.1) is 6.92 Å². The quantitative estimate of drug-likeness (QED) is 0.776. The molecule has 0 aliphatic rings. The Hall–Kier alpha value is -1.25. The normalized spacial score (nSPS) is 12.5. The second-order valence-electron chi connectivity index (χ2n) is 3.17. The second-order valence-corrected chi connectivity index (χ2v) is 3.17. The fourth-order valence-electron chi connectivity index (χ4n) is 1.02. The molecule has 0 aromatic carbocycles. The maximum Gasteiger partial charge on any atom is 0.255 e. The third-order valence-corrected chi connectivity index (χ3v) is 2.09. The van der Waals surface area contributed by atoms with Crippen LogP contribution >= 0.6 is 0 Å². The van der Waals surface area contributed by atoms with Crippen molar-refractivity contribution in [1.82, 2.24) is 5.32 Å². The molecule has 0 saturated carbocycles. The molecule has 1 amide bonds. The Morgan fingerprint density at radius 1 is 1.69 bits per heavy atom. The van der Waals surface area contributed by atoms with Crippen molar-refractivity contribution in [3.8, 4) is 0 Å². The first-order valence-corrected chi connectivity index (χ1v) is 4.50. The first-order chi connectivity index (χ1) is 6.15. The van der Waals surface area contributed by atoms with E-state index in [1.165, 1.54) is 6.26 Å². The minimum atomic E-state index is -0.0550. The molecule has 1 atom stereocenters. The molecule has 0 radical (unpaired) electrons. The summed E-state index contributed by atoms with van der Waals surface area (Å²) in [6, 6.07) is 1.90. The SMILES string of the molecule is CCC(C)NC(=O)c1ccoc1C. The number of carbonyl (C=O) groups excluding carboxylic acids is 1. The van der Waals surface area contributed by atoms with Gasteiger partial charge in [0, 0.05) is 6.04 Å². The molecule has 0 bridgehead atoms. The third kappa shape index (κ3) is 2.34. The lowest BCUT2D eigenvalue weighted by molar-refractivity contribution is 0.0938. The molecule has 1 aromatic heterocycles. The molecule has 13 heavy (non-hydrogen) atoms. The van der Waals surface area contributed by atoms with Crippen molar-refractivity contribution in [2.45, 2.75) is 33.2 Å². The summed E-state index contributed by atoms with van der Waals surface area (Å²) in [4.78, 5) is 11.5. The minimum Gasteiger partial charge on any atom is -0.469 e. The second kappa shape index (κ2) is 4.12. The Labute approximate surface area is 78.1 Å². The molecule has 0 fully saturated rings. The molecule has 0 spiro atoms. The molecule has 0 aliphatic heterocycles. The van der Waals surface area contributed by atoms with E-state index < -0.39 is 0 Å². The average Bonchev–Trinajstić information content (AvgIpc) is 2.51. The molecule has 3 heteroatoms. The van der Waals surface area contributed by atoms with Crippen molar-refractivity contribution in [1.29, 1.82) is 0 Å². The standard InChI is InChI=1S/C10H15NO2/c1-4-7(2)11-10(12)9-5-6-13-8(9)3/h5-7H,4H2,1-3H3,(H,11,12). The summed E-state index contributed by atoms with van der Waals surface area (Å²) in [5, 5.41) is 2.87. The van der Waals surface area contributed by atoms with Crippen LogP contribution in [0.3, 0.4) is 0 Å². The van der Waals surface area contributed by atoms with Crippen molar-refractivity contribution in [3.63, 3.8) is 0 Å². The van der Waals surface area contributed by atoms with Gasteiger partial charge in [0.05, 0.1) is 11.8 Å². The van der Waals surface area contributed by atoms with Gasteiger partial charge in [-0.2, -0.15) is 0 Å². The number of amides is 1. The van der Waals surface area contributed by atoms with E-state index in [4.69, 9.17) is 4.42 Å². The first kappa shape index (κ1) is 9.84. The van der Waals surface area contributed by atoms with E-state index in [1.54, 1.807) is 13.0 Å². The molecule has 0 aliphatic carbocycles. The lowest BCUT2D eigenvalue weighted by atomic mass is 10.2. The largest absolute Gasteiger partial charge is 0.469 e. The first-order valence-electron chi connectivity index (χ1n) is 4.50. The summed E-state index contributed by atoms with van der Waals surface area (Å²) in [6.07, 6.45) is 2.46. The fourth-order valence-corrected chi connectivity index (χ4v) is 1.02. The number of aryl methyl sites for hydroxylation is 1. The fraction of sp³-hybridized carbons (Fsp3) is 0.500. The van der Waals surface area contributed by atoms with E-state index >= 15 is 0 Å². The van der Waals surface area contributed by atoms with E-state index in [0.29, 0.717) is 11.3 Å². The molecular weight excluding hydrogens is 166 g/mol. The Kier molecular flexibility index (Phi) is 3.12. The van der Waals surface area contributed by atoms with Gasteiger partial charge in [0.15, 0.2) is 0 Å². The highest BCUT2D eigenvalue weighted by Gasteiger charge is 2.12. The number of carbonyl (C=O) groups is 1. The van der Waals surface area contributed by atoms with Gasteiger partial charge in [-0.25, -0.2) is 0 Å². The number of hydrogen-bond donors (Lipinski definition) is 1. The summed E-state index contributed by atoms with van der Waals surface area (Å²) >= 11 is 0. The van der Waals surface area contributed by atoms with Gasteiger partial charge < -0.3 is 9.73 Å². The molecule has 1 N–H and O–H groups in total. The maximum atomic E-state index is 11.5. The van der Waals surface area contributed by atoms with Crippen molar-refractivity contribution in [2.24, 2.45) is 0 Å². The minimum absolute atomic E-state index is 0.0550. The predicted octanol–water partition coefficient (Wildman–Crippen LogP) is 2.12. The highest BCUT2D eigenvalue weighted by Crippen LogP contribution is 2.08. The van der Waals surface area contributed by atoms with Crippen molar-refractivity contribution in [2.75, 3.05) is 0 Å². The van der Waals surface area contributed by atoms with Crippen molar-refractivity contribution < 1.29 is 9.21 Å². The molecular formula is C10H15NO2. The summed E-state index contributed by atoms with van der Waals surface area (Å²) in [5.41, 5.74) is 0.625. The molecule has 1 rings (SSSR count). The Balaban J connectivity index is 2.64. The van der Waals surface area contributed by atoms with Crippen LogP contribution in [-0.4, -0.2) is 11.9 Å². The zero-order valence-electron chi connectivity index (χ0n) is 8.26. The molecule has 3 nitrogen and oxygen atoms in total. The van der Waals surface area contributed by atoms with Crippen molar-refractivity contribution in [3.05, 3.63) is 23.7 Å². The van der Waals surface area contributed by atoms with E-state index in [-0.39, 0.29) is 11.9 Å². The maximum absolute atomic E-state index is 11.5. The van der Waals surface area contributed by atoms with Crippen LogP contribution in [0.25, 0.3) is 0 Å². The average molecular weight is 181 g/mol. The van der Waals surface area contributed by atoms with Crippen LogP contribution in [0.15, 0.2) is 16.7 Å². The van der Waals surface area contributed by atoms with Gasteiger partial charge >= 0.3 is 0 Å². The molecule has 72 valence electrons. The summed E-state index contributed by atoms with van der Waals surface area (Å²) in [6.45, 7) is 5.80. The van der Waals surface area contributed by atoms with Gasteiger partial charge in [0.2, 0.25) is 0 Å². The van der Waals surface area contributed by atoms with Gasteiger partial charge in [-0.15, -0.1) is 0 Å². The molecule has 1 heterocycles. The summed E-state index contributed by atoms with van der Waals surface area (Å²) in [7, 11) is 0. The van der Waals surface area contributed by atoms with Crippen LogP contribution < -0.4 is 5.32 Å². The Morgan fingerprint density at radius 2 is 2.38 bits per heavy atom. The number of hydrogen-bond acceptors (Lipinski definition) is 2.